The SMILES string of the molecule is CC(C)(P)C(C)(C)O[B]c1cc(F)c(-c2ccc(OCc3ccccc3)nc2OCc2ccccc2)cc1F. The van der Waals surface area contributed by atoms with Gasteiger partial charge in [0.15, 0.2) is 0 Å². The standard InChI is InChI=1S/C31H32BF2NO3P/c1-30(2,31(3,4)39)38-32-25-18-26(33)24(17-27(25)34)23-15-16-28(36-19-21-11-7-5-8-12-21)35-29(23)37-20-22-13-9-6-10-14-22/h5-18H,19-20,39H2,1-4H3. The van der Waals surface area contributed by atoms with E-state index in [-0.39, 0.29) is 28.7 Å². The summed E-state index contributed by atoms with van der Waals surface area (Å²) in [5.74, 6) is -0.797. The lowest BCUT2D eigenvalue weighted by Gasteiger charge is -2.39. The predicted octanol–water partition coefficient (Wildman–Crippen LogP) is 6.88. The molecule has 0 saturated carbocycles. The average molecular weight is 546 g/mol. The van der Waals surface area contributed by atoms with E-state index in [1.54, 1.807) is 12.1 Å². The normalized spacial score (nSPS) is 11.8. The number of hydrogen-bond donors (Lipinski definition) is 0. The number of aromatic nitrogens is 1. The zero-order chi connectivity index (χ0) is 28.0. The zero-order valence-corrected chi connectivity index (χ0v) is 23.7. The minimum atomic E-state index is -0.628. The lowest BCUT2D eigenvalue weighted by atomic mass is 9.82. The summed E-state index contributed by atoms with van der Waals surface area (Å²) in [7, 11) is 3.98. The van der Waals surface area contributed by atoms with Gasteiger partial charge in [0.1, 0.15) is 24.8 Å². The Morgan fingerprint density at radius 2 is 1.33 bits per heavy atom. The highest BCUT2D eigenvalue weighted by atomic mass is 31.0. The Morgan fingerprint density at radius 1 is 0.744 bits per heavy atom. The van der Waals surface area contributed by atoms with Crippen LogP contribution in [0.15, 0.2) is 84.9 Å². The van der Waals surface area contributed by atoms with Gasteiger partial charge in [-0.25, -0.2) is 8.78 Å². The highest BCUT2D eigenvalue weighted by Crippen LogP contribution is 2.35. The Hall–Kier alpha value is -3.28. The van der Waals surface area contributed by atoms with E-state index in [1.807, 2.05) is 88.4 Å². The maximum Gasteiger partial charge on any atom is 0.333 e. The van der Waals surface area contributed by atoms with Crippen molar-refractivity contribution in [3.63, 3.8) is 0 Å². The summed E-state index contributed by atoms with van der Waals surface area (Å²) >= 11 is 0. The van der Waals surface area contributed by atoms with Gasteiger partial charge >= 0.3 is 7.48 Å². The number of ether oxygens (including phenoxy) is 2. The summed E-state index contributed by atoms with van der Waals surface area (Å²) in [6, 6.07) is 24.7. The van der Waals surface area contributed by atoms with Gasteiger partial charge in [-0.2, -0.15) is 4.98 Å². The molecular weight excluding hydrogens is 514 g/mol. The van der Waals surface area contributed by atoms with Crippen molar-refractivity contribution in [1.82, 2.24) is 4.98 Å². The van der Waals surface area contributed by atoms with Gasteiger partial charge in [0.05, 0.1) is 5.60 Å². The van der Waals surface area contributed by atoms with E-state index in [2.05, 4.69) is 14.2 Å². The second-order valence-corrected chi connectivity index (χ2v) is 11.8. The topological polar surface area (TPSA) is 40.6 Å². The quantitative estimate of drug-likeness (QED) is 0.152. The molecule has 0 bridgehead atoms. The molecule has 0 saturated heterocycles. The molecule has 8 heteroatoms. The van der Waals surface area contributed by atoms with Crippen molar-refractivity contribution in [1.29, 1.82) is 0 Å². The third-order valence-electron chi connectivity index (χ3n) is 6.69. The fraction of sp³-hybridized carbons (Fsp3) is 0.258. The fourth-order valence-corrected chi connectivity index (χ4v) is 3.57. The van der Waals surface area contributed by atoms with Gasteiger partial charge in [0.2, 0.25) is 11.8 Å². The van der Waals surface area contributed by atoms with Crippen molar-refractivity contribution in [3.05, 3.63) is 108 Å². The number of hydrogen-bond acceptors (Lipinski definition) is 4. The van der Waals surface area contributed by atoms with Crippen molar-refractivity contribution in [2.45, 2.75) is 51.7 Å². The monoisotopic (exact) mass is 546 g/mol. The largest absolute Gasteiger partial charge is 0.473 e. The molecule has 1 heterocycles. The predicted molar refractivity (Wildman–Crippen MR) is 155 cm³/mol. The van der Waals surface area contributed by atoms with Crippen molar-refractivity contribution >= 4 is 22.2 Å². The van der Waals surface area contributed by atoms with E-state index in [1.165, 1.54) is 7.48 Å². The van der Waals surface area contributed by atoms with Crippen LogP contribution in [0.1, 0.15) is 38.8 Å². The highest BCUT2D eigenvalue weighted by Gasteiger charge is 2.34. The summed E-state index contributed by atoms with van der Waals surface area (Å²) in [5, 5.41) is -0.292. The molecule has 4 aromatic rings. The van der Waals surface area contributed by atoms with Crippen LogP contribution < -0.4 is 14.9 Å². The molecule has 0 N–H and O–H groups in total. The number of benzene rings is 3. The summed E-state index contributed by atoms with van der Waals surface area (Å²) in [4.78, 5) is 4.50. The van der Waals surface area contributed by atoms with E-state index in [0.717, 1.165) is 23.3 Å². The number of nitrogens with zero attached hydrogens (tertiary/aromatic N) is 1. The number of rotatable bonds is 11. The molecular formula is C31H32BF2NO3P. The van der Waals surface area contributed by atoms with Crippen LogP contribution in [-0.4, -0.2) is 23.2 Å². The van der Waals surface area contributed by atoms with Crippen LogP contribution in [0.4, 0.5) is 8.78 Å². The molecule has 3 aromatic carbocycles. The maximum absolute atomic E-state index is 15.4. The molecule has 1 aromatic heterocycles. The first kappa shape index (κ1) is 28.7. The van der Waals surface area contributed by atoms with Crippen LogP contribution >= 0.6 is 9.24 Å². The summed E-state index contributed by atoms with van der Waals surface area (Å²) in [6.07, 6.45) is 0. The summed E-state index contributed by atoms with van der Waals surface area (Å²) in [5.41, 5.74) is 1.62. The lowest BCUT2D eigenvalue weighted by Crippen LogP contribution is -2.45. The van der Waals surface area contributed by atoms with Gasteiger partial charge in [0, 0.05) is 22.3 Å². The Bertz CT molecular complexity index is 1400. The molecule has 0 fully saturated rings. The molecule has 39 heavy (non-hydrogen) atoms. The first-order valence-electron chi connectivity index (χ1n) is 12.7. The number of halogens is 2. The van der Waals surface area contributed by atoms with Crippen LogP contribution in [0.25, 0.3) is 11.1 Å². The second-order valence-electron chi connectivity index (χ2n) is 10.4. The molecule has 1 atom stereocenters. The molecule has 201 valence electrons. The van der Waals surface area contributed by atoms with Gasteiger partial charge in [-0.15, -0.1) is 9.24 Å². The fourth-order valence-electron chi connectivity index (χ4n) is 3.50. The van der Waals surface area contributed by atoms with Crippen molar-refractivity contribution in [2.75, 3.05) is 0 Å². The third-order valence-corrected chi connectivity index (χ3v) is 7.39. The smallest absolute Gasteiger partial charge is 0.333 e. The Kier molecular flexibility index (Phi) is 9.04. The van der Waals surface area contributed by atoms with E-state index in [4.69, 9.17) is 14.1 Å². The molecule has 0 aliphatic heterocycles. The summed E-state index contributed by atoms with van der Waals surface area (Å²) in [6.45, 7) is 8.27. The van der Waals surface area contributed by atoms with Gasteiger partial charge in [-0.3, -0.25) is 0 Å². The van der Waals surface area contributed by atoms with Crippen molar-refractivity contribution < 1.29 is 22.9 Å². The molecule has 1 radical (unpaired) electrons. The van der Waals surface area contributed by atoms with Crippen molar-refractivity contribution in [2.24, 2.45) is 0 Å². The van der Waals surface area contributed by atoms with Crippen LogP contribution in [0.2, 0.25) is 0 Å². The Morgan fingerprint density at radius 3 is 1.92 bits per heavy atom. The van der Waals surface area contributed by atoms with E-state index in [0.29, 0.717) is 18.1 Å². The Labute approximate surface area is 232 Å². The van der Waals surface area contributed by atoms with Gasteiger partial charge in [-0.05, 0) is 48.6 Å². The molecule has 4 rings (SSSR count). The zero-order valence-electron chi connectivity index (χ0n) is 22.6. The van der Waals surface area contributed by atoms with Gasteiger partial charge < -0.3 is 14.1 Å². The van der Waals surface area contributed by atoms with E-state index < -0.39 is 17.2 Å². The third kappa shape index (κ3) is 7.43. The lowest BCUT2D eigenvalue weighted by molar-refractivity contribution is 0.0839. The Balaban J connectivity index is 1.61. The van der Waals surface area contributed by atoms with Crippen LogP contribution in [0.3, 0.4) is 0 Å². The minimum Gasteiger partial charge on any atom is -0.473 e. The number of pyridine rings is 1. The second kappa shape index (κ2) is 12.3. The molecule has 0 aliphatic carbocycles. The van der Waals surface area contributed by atoms with E-state index >= 15 is 8.78 Å². The minimum absolute atomic E-state index is 0.0149. The summed E-state index contributed by atoms with van der Waals surface area (Å²) < 4.78 is 48.3. The van der Waals surface area contributed by atoms with E-state index in [9.17, 15) is 0 Å². The first-order chi connectivity index (χ1) is 18.5. The van der Waals surface area contributed by atoms with Crippen LogP contribution in [0, 0.1) is 11.6 Å². The van der Waals surface area contributed by atoms with Crippen molar-refractivity contribution in [3.8, 4) is 22.9 Å². The molecule has 0 spiro atoms. The average Bonchev–Trinajstić information content (AvgIpc) is 2.91. The molecule has 0 aliphatic rings. The molecule has 1 unspecified atom stereocenters. The first-order valence-corrected chi connectivity index (χ1v) is 13.2. The molecule has 4 nitrogen and oxygen atoms in total. The molecule has 0 amide bonds. The van der Waals surface area contributed by atoms with Crippen LogP contribution in [0.5, 0.6) is 11.8 Å². The maximum atomic E-state index is 15.4. The van der Waals surface area contributed by atoms with Gasteiger partial charge in [0.25, 0.3) is 0 Å². The van der Waals surface area contributed by atoms with Gasteiger partial charge in [-0.1, -0.05) is 74.5 Å². The highest BCUT2D eigenvalue weighted by molar-refractivity contribution is 7.19. The van der Waals surface area contributed by atoms with Crippen LogP contribution in [-0.2, 0) is 17.9 Å².